The summed E-state index contributed by atoms with van der Waals surface area (Å²) in [6.07, 6.45) is -4.52. The Bertz CT molecular complexity index is 771. The summed E-state index contributed by atoms with van der Waals surface area (Å²) in [5.74, 6) is -0.937. The minimum absolute atomic E-state index is 0.0390. The van der Waals surface area contributed by atoms with Crippen molar-refractivity contribution >= 4 is 17.0 Å². The SMILES string of the molecule is CCOC(=O)c1nc2ccccc2n(COCC(F)(F)F)c1=O. The second-order valence-electron chi connectivity index (χ2n) is 4.50. The van der Waals surface area contributed by atoms with E-state index in [-0.39, 0.29) is 17.6 Å². The lowest BCUT2D eigenvalue weighted by molar-refractivity contribution is -0.181. The van der Waals surface area contributed by atoms with Crippen LogP contribution in [0.1, 0.15) is 17.4 Å². The molecule has 2 aromatic rings. The Balaban J connectivity index is 2.45. The van der Waals surface area contributed by atoms with Crippen molar-refractivity contribution in [3.8, 4) is 0 Å². The normalized spacial score (nSPS) is 11.7. The fourth-order valence-corrected chi connectivity index (χ4v) is 1.91. The van der Waals surface area contributed by atoms with Gasteiger partial charge in [-0.05, 0) is 19.1 Å². The molecule has 124 valence electrons. The van der Waals surface area contributed by atoms with E-state index in [2.05, 4.69) is 9.72 Å². The average molecular weight is 330 g/mol. The van der Waals surface area contributed by atoms with E-state index < -0.39 is 36.7 Å². The molecule has 0 saturated carbocycles. The molecule has 0 unspecified atom stereocenters. The lowest BCUT2D eigenvalue weighted by atomic mass is 10.3. The van der Waals surface area contributed by atoms with Crippen LogP contribution in [0.15, 0.2) is 29.1 Å². The van der Waals surface area contributed by atoms with E-state index in [0.29, 0.717) is 0 Å². The summed E-state index contributed by atoms with van der Waals surface area (Å²) < 4.78 is 46.7. The third kappa shape index (κ3) is 4.07. The molecule has 1 heterocycles. The van der Waals surface area contributed by atoms with Crippen LogP contribution in [-0.4, -0.2) is 34.9 Å². The minimum atomic E-state index is -4.52. The van der Waals surface area contributed by atoms with Gasteiger partial charge in [0, 0.05) is 0 Å². The van der Waals surface area contributed by atoms with Gasteiger partial charge in [0.1, 0.15) is 13.3 Å². The molecule has 1 aromatic carbocycles. The van der Waals surface area contributed by atoms with E-state index in [9.17, 15) is 22.8 Å². The highest BCUT2D eigenvalue weighted by molar-refractivity contribution is 5.89. The fraction of sp³-hybridized carbons (Fsp3) is 0.357. The summed E-state index contributed by atoms with van der Waals surface area (Å²) in [5.41, 5.74) is -0.844. The average Bonchev–Trinajstić information content (AvgIpc) is 2.48. The maximum Gasteiger partial charge on any atom is 0.411 e. The molecule has 0 fully saturated rings. The summed E-state index contributed by atoms with van der Waals surface area (Å²) in [4.78, 5) is 28.0. The Morgan fingerprint density at radius 1 is 1.30 bits per heavy atom. The molecule has 6 nitrogen and oxygen atoms in total. The summed E-state index contributed by atoms with van der Waals surface area (Å²) in [6, 6.07) is 6.23. The number of fused-ring (bicyclic) bond motifs is 1. The second-order valence-corrected chi connectivity index (χ2v) is 4.50. The van der Waals surface area contributed by atoms with Crippen LogP contribution in [0.2, 0.25) is 0 Å². The number of carbonyl (C=O) groups excluding carboxylic acids is 1. The zero-order valence-electron chi connectivity index (χ0n) is 12.1. The van der Waals surface area contributed by atoms with Gasteiger partial charge >= 0.3 is 12.1 Å². The summed E-state index contributed by atoms with van der Waals surface area (Å²) in [5, 5.41) is 0. The molecular weight excluding hydrogens is 317 g/mol. The maximum atomic E-state index is 12.3. The van der Waals surface area contributed by atoms with Crippen LogP contribution in [0, 0.1) is 0 Å². The molecule has 0 aliphatic carbocycles. The van der Waals surface area contributed by atoms with Crippen molar-refractivity contribution in [3.63, 3.8) is 0 Å². The van der Waals surface area contributed by atoms with Gasteiger partial charge in [-0.1, -0.05) is 12.1 Å². The first kappa shape index (κ1) is 16.9. The molecule has 0 N–H and O–H groups in total. The topological polar surface area (TPSA) is 70.4 Å². The molecule has 23 heavy (non-hydrogen) atoms. The molecule has 0 spiro atoms. The summed E-state index contributed by atoms with van der Waals surface area (Å²) in [6.45, 7) is -0.570. The smallest absolute Gasteiger partial charge is 0.411 e. The van der Waals surface area contributed by atoms with Crippen molar-refractivity contribution in [2.24, 2.45) is 0 Å². The van der Waals surface area contributed by atoms with E-state index in [4.69, 9.17) is 4.74 Å². The van der Waals surface area contributed by atoms with E-state index in [1.807, 2.05) is 0 Å². The highest BCUT2D eigenvalue weighted by Crippen LogP contribution is 2.15. The highest BCUT2D eigenvalue weighted by atomic mass is 19.4. The number of rotatable bonds is 5. The first-order chi connectivity index (χ1) is 10.8. The Kier molecular flexibility index (Phi) is 4.99. The van der Waals surface area contributed by atoms with E-state index in [1.165, 1.54) is 12.1 Å². The third-order valence-corrected chi connectivity index (χ3v) is 2.81. The third-order valence-electron chi connectivity index (χ3n) is 2.81. The Labute approximate surface area is 128 Å². The summed E-state index contributed by atoms with van der Waals surface area (Å²) >= 11 is 0. The first-order valence-corrected chi connectivity index (χ1v) is 6.64. The molecule has 0 radical (unpaired) electrons. The number of halogens is 3. The van der Waals surface area contributed by atoms with Crippen LogP contribution >= 0.6 is 0 Å². The Morgan fingerprint density at radius 2 is 2.00 bits per heavy atom. The largest absolute Gasteiger partial charge is 0.461 e. The number of hydrogen-bond donors (Lipinski definition) is 0. The van der Waals surface area contributed by atoms with Gasteiger partial charge in [-0.3, -0.25) is 9.36 Å². The standard InChI is InChI=1S/C14H13F3N2O4/c1-2-23-13(21)11-12(20)19(8-22-7-14(15,16)17)10-6-4-3-5-9(10)18-11/h3-6H,2,7-8H2,1H3. The predicted molar refractivity (Wildman–Crippen MR) is 74.0 cm³/mol. The monoisotopic (exact) mass is 330 g/mol. The van der Waals surface area contributed by atoms with E-state index >= 15 is 0 Å². The second kappa shape index (κ2) is 6.78. The first-order valence-electron chi connectivity index (χ1n) is 6.64. The molecule has 0 saturated heterocycles. The highest BCUT2D eigenvalue weighted by Gasteiger charge is 2.28. The van der Waals surface area contributed by atoms with Crippen molar-refractivity contribution in [2.75, 3.05) is 13.2 Å². The molecule has 9 heteroatoms. The molecular formula is C14H13F3N2O4. The van der Waals surface area contributed by atoms with Gasteiger partial charge in [-0.25, -0.2) is 9.78 Å². The van der Waals surface area contributed by atoms with Crippen molar-refractivity contribution in [1.29, 1.82) is 0 Å². The number of aromatic nitrogens is 2. The minimum Gasteiger partial charge on any atom is -0.461 e. The van der Waals surface area contributed by atoms with Crippen molar-refractivity contribution in [1.82, 2.24) is 9.55 Å². The van der Waals surface area contributed by atoms with Crippen LogP contribution in [0.3, 0.4) is 0 Å². The van der Waals surface area contributed by atoms with Gasteiger partial charge in [0.15, 0.2) is 0 Å². The molecule has 0 aliphatic heterocycles. The van der Waals surface area contributed by atoms with Crippen LogP contribution in [0.5, 0.6) is 0 Å². The number of nitrogens with zero attached hydrogens (tertiary/aromatic N) is 2. The van der Waals surface area contributed by atoms with Gasteiger partial charge in [-0.15, -0.1) is 0 Å². The molecule has 0 amide bonds. The van der Waals surface area contributed by atoms with Crippen LogP contribution in [0.25, 0.3) is 11.0 Å². The predicted octanol–water partition coefficient (Wildman–Crippen LogP) is 2.11. The quantitative estimate of drug-likeness (QED) is 0.785. The van der Waals surface area contributed by atoms with Gasteiger partial charge < -0.3 is 9.47 Å². The molecule has 0 atom stereocenters. The Morgan fingerprint density at radius 3 is 2.65 bits per heavy atom. The van der Waals surface area contributed by atoms with E-state index in [0.717, 1.165) is 4.57 Å². The van der Waals surface area contributed by atoms with Crippen LogP contribution in [0.4, 0.5) is 13.2 Å². The fourth-order valence-electron chi connectivity index (χ4n) is 1.91. The zero-order chi connectivity index (χ0) is 17.0. The Hall–Kier alpha value is -2.42. The van der Waals surface area contributed by atoms with Crippen LogP contribution < -0.4 is 5.56 Å². The lowest BCUT2D eigenvalue weighted by Crippen LogP contribution is -2.31. The molecule has 0 aliphatic rings. The number of alkyl halides is 3. The zero-order valence-corrected chi connectivity index (χ0v) is 12.1. The molecule has 1 aromatic heterocycles. The molecule has 2 rings (SSSR count). The van der Waals surface area contributed by atoms with Crippen molar-refractivity contribution < 1.29 is 27.4 Å². The van der Waals surface area contributed by atoms with Gasteiger partial charge in [0.05, 0.1) is 17.6 Å². The molecule has 0 bridgehead atoms. The number of hydrogen-bond acceptors (Lipinski definition) is 5. The number of ether oxygens (including phenoxy) is 2. The number of benzene rings is 1. The lowest BCUT2D eigenvalue weighted by Gasteiger charge is -2.13. The maximum absolute atomic E-state index is 12.3. The number of esters is 1. The van der Waals surface area contributed by atoms with Gasteiger partial charge in [0.2, 0.25) is 5.69 Å². The van der Waals surface area contributed by atoms with E-state index in [1.54, 1.807) is 19.1 Å². The van der Waals surface area contributed by atoms with Gasteiger partial charge in [-0.2, -0.15) is 13.2 Å². The number of para-hydroxylation sites is 2. The van der Waals surface area contributed by atoms with Gasteiger partial charge in [0.25, 0.3) is 5.56 Å². The van der Waals surface area contributed by atoms with Crippen LogP contribution in [-0.2, 0) is 16.2 Å². The number of carbonyl (C=O) groups is 1. The summed E-state index contributed by atoms with van der Waals surface area (Å²) in [7, 11) is 0. The van der Waals surface area contributed by atoms with Crippen molar-refractivity contribution in [3.05, 3.63) is 40.3 Å². The van der Waals surface area contributed by atoms with Crippen molar-refractivity contribution in [2.45, 2.75) is 19.8 Å².